The van der Waals surface area contributed by atoms with Crippen molar-refractivity contribution in [2.45, 2.75) is 32.9 Å². The third kappa shape index (κ3) is 4.14. The van der Waals surface area contributed by atoms with E-state index in [-0.39, 0.29) is 0 Å². The minimum absolute atomic E-state index is 0.459. The van der Waals surface area contributed by atoms with Gasteiger partial charge >= 0.3 is 0 Å². The molecule has 2 rings (SSSR count). The minimum atomic E-state index is 0.459. The van der Waals surface area contributed by atoms with Crippen LogP contribution in [0.4, 0.5) is 0 Å². The van der Waals surface area contributed by atoms with E-state index in [1.165, 1.54) is 0 Å². The molecule has 2 heterocycles. The molecule has 0 aliphatic carbocycles. The zero-order valence-corrected chi connectivity index (χ0v) is 12.5. The van der Waals surface area contributed by atoms with Crippen LogP contribution >= 0.6 is 11.8 Å². The summed E-state index contributed by atoms with van der Waals surface area (Å²) >= 11 is 1.86. The van der Waals surface area contributed by atoms with E-state index in [4.69, 9.17) is 9.73 Å². The van der Waals surface area contributed by atoms with Crippen molar-refractivity contribution in [2.24, 2.45) is 10.9 Å². The van der Waals surface area contributed by atoms with Crippen LogP contribution in [0, 0.1) is 5.92 Å². The first kappa shape index (κ1) is 14.2. The molecule has 2 aliphatic rings. The smallest absolute Gasteiger partial charge is 0.157 e. The van der Waals surface area contributed by atoms with Crippen molar-refractivity contribution in [3.8, 4) is 0 Å². The molecule has 104 valence electrons. The van der Waals surface area contributed by atoms with Gasteiger partial charge in [-0.3, -0.25) is 9.89 Å². The number of aliphatic imine (C=N–C) groups is 1. The number of morpholine rings is 1. The minimum Gasteiger partial charge on any atom is -0.379 e. The quantitative estimate of drug-likeness (QED) is 0.839. The van der Waals surface area contributed by atoms with Crippen molar-refractivity contribution < 1.29 is 4.74 Å². The SMILES string of the molecule is CC(CN1CCOCC1)NC1=NC(C(C)C)CS1. The number of thioether (sulfide) groups is 1. The highest BCUT2D eigenvalue weighted by Crippen LogP contribution is 2.22. The lowest BCUT2D eigenvalue weighted by molar-refractivity contribution is 0.0353. The van der Waals surface area contributed by atoms with Gasteiger partial charge in [-0.1, -0.05) is 25.6 Å². The molecule has 0 aromatic heterocycles. The zero-order chi connectivity index (χ0) is 13.0. The van der Waals surface area contributed by atoms with E-state index >= 15 is 0 Å². The Morgan fingerprint density at radius 3 is 2.72 bits per heavy atom. The molecule has 2 aliphatic heterocycles. The lowest BCUT2D eigenvalue weighted by Crippen LogP contribution is -2.45. The van der Waals surface area contributed by atoms with Crippen molar-refractivity contribution in [1.29, 1.82) is 0 Å². The Balaban J connectivity index is 1.73. The third-order valence-corrected chi connectivity index (χ3v) is 4.45. The Labute approximate surface area is 115 Å². The predicted octanol–water partition coefficient (Wildman–Crippen LogP) is 1.42. The molecule has 1 fully saturated rings. The van der Waals surface area contributed by atoms with Crippen LogP contribution in [0.3, 0.4) is 0 Å². The van der Waals surface area contributed by atoms with Gasteiger partial charge < -0.3 is 10.1 Å². The second-order valence-electron chi connectivity index (χ2n) is 5.51. The van der Waals surface area contributed by atoms with Crippen molar-refractivity contribution in [2.75, 3.05) is 38.6 Å². The Morgan fingerprint density at radius 1 is 1.39 bits per heavy atom. The van der Waals surface area contributed by atoms with E-state index in [1.807, 2.05) is 11.8 Å². The first-order valence-electron chi connectivity index (χ1n) is 6.92. The van der Waals surface area contributed by atoms with E-state index in [0.29, 0.717) is 18.0 Å². The zero-order valence-electron chi connectivity index (χ0n) is 11.7. The van der Waals surface area contributed by atoms with Crippen LogP contribution in [-0.4, -0.2) is 60.8 Å². The van der Waals surface area contributed by atoms with Crippen molar-refractivity contribution in [1.82, 2.24) is 10.2 Å². The van der Waals surface area contributed by atoms with E-state index in [2.05, 4.69) is 31.0 Å². The maximum absolute atomic E-state index is 5.37. The van der Waals surface area contributed by atoms with Crippen LogP contribution in [0.15, 0.2) is 4.99 Å². The maximum atomic E-state index is 5.37. The molecule has 4 nitrogen and oxygen atoms in total. The first-order valence-corrected chi connectivity index (χ1v) is 7.91. The molecule has 18 heavy (non-hydrogen) atoms. The van der Waals surface area contributed by atoms with Gasteiger partial charge in [0.25, 0.3) is 0 Å². The summed E-state index contributed by atoms with van der Waals surface area (Å²) < 4.78 is 5.37. The van der Waals surface area contributed by atoms with Crippen LogP contribution in [0.25, 0.3) is 0 Å². The summed E-state index contributed by atoms with van der Waals surface area (Å²) in [4.78, 5) is 7.21. The second kappa shape index (κ2) is 6.78. The molecule has 0 amide bonds. The van der Waals surface area contributed by atoms with Gasteiger partial charge in [0, 0.05) is 31.4 Å². The van der Waals surface area contributed by atoms with Crippen molar-refractivity contribution >= 4 is 16.9 Å². The number of rotatable bonds is 4. The summed E-state index contributed by atoms with van der Waals surface area (Å²) in [6, 6.07) is 0.952. The average molecular weight is 271 g/mol. The summed E-state index contributed by atoms with van der Waals surface area (Å²) in [5, 5.41) is 4.68. The highest BCUT2D eigenvalue weighted by atomic mass is 32.2. The molecule has 0 bridgehead atoms. The van der Waals surface area contributed by atoms with Crippen molar-refractivity contribution in [3.63, 3.8) is 0 Å². The predicted molar refractivity (Wildman–Crippen MR) is 78.4 cm³/mol. The molecule has 1 N–H and O–H groups in total. The maximum Gasteiger partial charge on any atom is 0.157 e. The van der Waals surface area contributed by atoms with E-state index < -0.39 is 0 Å². The van der Waals surface area contributed by atoms with Crippen molar-refractivity contribution in [3.05, 3.63) is 0 Å². The third-order valence-electron chi connectivity index (χ3n) is 3.45. The number of nitrogens with zero attached hydrogens (tertiary/aromatic N) is 2. The average Bonchev–Trinajstić information content (AvgIpc) is 2.78. The van der Waals surface area contributed by atoms with E-state index in [1.54, 1.807) is 0 Å². The van der Waals surface area contributed by atoms with Gasteiger partial charge in [0.1, 0.15) is 0 Å². The van der Waals surface area contributed by atoms with Gasteiger partial charge in [-0.05, 0) is 12.8 Å². The van der Waals surface area contributed by atoms with Crippen LogP contribution in [0.5, 0.6) is 0 Å². The van der Waals surface area contributed by atoms with Gasteiger partial charge in [0.05, 0.1) is 19.3 Å². The fraction of sp³-hybridized carbons (Fsp3) is 0.923. The topological polar surface area (TPSA) is 36.9 Å². The van der Waals surface area contributed by atoms with Crippen LogP contribution in [-0.2, 0) is 4.74 Å². The molecule has 0 aromatic carbocycles. The fourth-order valence-electron chi connectivity index (χ4n) is 2.24. The highest BCUT2D eigenvalue weighted by Gasteiger charge is 2.22. The molecule has 0 radical (unpaired) electrons. The number of hydrogen-bond donors (Lipinski definition) is 1. The largest absolute Gasteiger partial charge is 0.379 e. The Hall–Kier alpha value is -0.260. The molecular weight excluding hydrogens is 246 g/mol. The monoisotopic (exact) mass is 271 g/mol. The van der Waals surface area contributed by atoms with E-state index in [9.17, 15) is 0 Å². The summed E-state index contributed by atoms with van der Waals surface area (Å²) in [7, 11) is 0. The molecule has 2 atom stereocenters. The molecular formula is C13H25N3OS. The van der Waals surface area contributed by atoms with Gasteiger partial charge in [0.15, 0.2) is 5.17 Å². The number of nitrogens with one attached hydrogen (secondary N) is 1. The van der Waals surface area contributed by atoms with Crippen LogP contribution < -0.4 is 5.32 Å². The summed E-state index contributed by atoms with van der Waals surface area (Å²) in [6.07, 6.45) is 0. The molecule has 2 unspecified atom stereocenters. The van der Waals surface area contributed by atoms with Gasteiger partial charge in [-0.15, -0.1) is 0 Å². The highest BCUT2D eigenvalue weighted by molar-refractivity contribution is 8.14. The second-order valence-corrected chi connectivity index (χ2v) is 6.52. The van der Waals surface area contributed by atoms with Gasteiger partial charge in [-0.25, -0.2) is 0 Å². The number of amidine groups is 1. The Morgan fingerprint density at radius 2 is 2.11 bits per heavy atom. The molecule has 1 saturated heterocycles. The Bertz CT molecular complexity index is 290. The van der Waals surface area contributed by atoms with Gasteiger partial charge in [0.2, 0.25) is 0 Å². The fourth-order valence-corrected chi connectivity index (χ4v) is 3.52. The Kier molecular flexibility index (Phi) is 5.33. The summed E-state index contributed by atoms with van der Waals surface area (Å²) in [6.45, 7) is 11.7. The van der Waals surface area contributed by atoms with Crippen LogP contribution in [0.1, 0.15) is 20.8 Å². The van der Waals surface area contributed by atoms with Gasteiger partial charge in [-0.2, -0.15) is 0 Å². The van der Waals surface area contributed by atoms with Crippen LogP contribution in [0.2, 0.25) is 0 Å². The summed E-state index contributed by atoms with van der Waals surface area (Å²) in [5.41, 5.74) is 0. The summed E-state index contributed by atoms with van der Waals surface area (Å²) in [5.74, 6) is 1.77. The molecule has 0 saturated carbocycles. The number of hydrogen-bond acceptors (Lipinski definition) is 5. The normalized spacial score (nSPS) is 27.3. The number of ether oxygens (including phenoxy) is 1. The lowest BCUT2D eigenvalue weighted by Gasteiger charge is -2.29. The molecule has 0 aromatic rings. The molecule has 0 spiro atoms. The standard InChI is InChI=1S/C13H25N3OS/c1-10(2)12-9-18-13(15-12)14-11(3)8-16-4-6-17-7-5-16/h10-12H,4-9H2,1-3H3,(H,14,15). The van der Waals surface area contributed by atoms with E-state index in [0.717, 1.165) is 43.8 Å². The lowest BCUT2D eigenvalue weighted by atomic mass is 10.1. The first-order chi connectivity index (χ1) is 8.65. The molecule has 5 heteroatoms.